The summed E-state index contributed by atoms with van der Waals surface area (Å²) >= 11 is 0. The summed E-state index contributed by atoms with van der Waals surface area (Å²) in [4.78, 5) is 14.1. The molecule has 3 nitrogen and oxygen atoms in total. The van der Waals surface area contributed by atoms with Crippen LogP contribution in [0.4, 0.5) is 0 Å². The van der Waals surface area contributed by atoms with Gasteiger partial charge < -0.3 is 4.90 Å². The minimum Gasteiger partial charge on any atom is -0.319 e. The molecule has 1 heterocycles. The van der Waals surface area contributed by atoms with Crippen LogP contribution in [0.1, 0.15) is 37.1 Å². The van der Waals surface area contributed by atoms with Crippen LogP contribution in [0.2, 0.25) is 0 Å². The predicted molar refractivity (Wildman–Crippen MR) is 71.0 cm³/mol. The Bertz CT molecular complexity index is 465. The van der Waals surface area contributed by atoms with Gasteiger partial charge in [-0.1, -0.05) is 36.8 Å². The van der Waals surface area contributed by atoms with Crippen molar-refractivity contribution in [1.29, 1.82) is 0 Å². The average molecular weight is 244 g/mol. The summed E-state index contributed by atoms with van der Waals surface area (Å²) in [7, 11) is 0. The van der Waals surface area contributed by atoms with Gasteiger partial charge in [0.15, 0.2) is 0 Å². The Balaban J connectivity index is 1.84. The molecule has 0 spiro atoms. The molecule has 18 heavy (non-hydrogen) atoms. The molecule has 0 aromatic heterocycles. The van der Waals surface area contributed by atoms with E-state index in [1.54, 1.807) is 0 Å². The number of hydrogen-bond donors (Lipinski definition) is 1. The highest BCUT2D eigenvalue weighted by atomic mass is 16.2. The smallest absolute Gasteiger partial charge is 0.238 e. The molecule has 1 atom stereocenters. The number of benzene rings is 1. The average Bonchev–Trinajstić information content (AvgIpc) is 2.67. The van der Waals surface area contributed by atoms with Gasteiger partial charge in [-0.15, -0.1) is 0 Å². The maximum Gasteiger partial charge on any atom is 0.238 e. The molecule has 0 radical (unpaired) electrons. The molecule has 1 aromatic rings. The fraction of sp³-hybridized carbons (Fsp3) is 0.533. The molecule has 1 amide bonds. The van der Waals surface area contributed by atoms with E-state index in [1.807, 2.05) is 0 Å². The lowest BCUT2D eigenvalue weighted by Crippen LogP contribution is -2.46. The third kappa shape index (κ3) is 1.93. The van der Waals surface area contributed by atoms with E-state index in [0.29, 0.717) is 12.6 Å². The van der Waals surface area contributed by atoms with Crippen molar-refractivity contribution in [2.75, 3.05) is 6.54 Å². The van der Waals surface area contributed by atoms with Crippen LogP contribution in [-0.2, 0) is 4.79 Å². The number of amides is 1. The van der Waals surface area contributed by atoms with Crippen molar-refractivity contribution in [2.45, 2.75) is 38.9 Å². The van der Waals surface area contributed by atoms with Crippen LogP contribution in [0.25, 0.3) is 0 Å². The molecular weight excluding hydrogens is 224 g/mol. The molecule has 96 valence electrons. The van der Waals surface area contributed by atoms with Crippen molar-refractivity contribution in [1.82, 2.24) is 10.2 Å². The van der Waals surface area contributed by atoms with Crippen LogP contribution in [0.3, 0.4) is 0 Å². The molecule has 2 aliphatic rings. The second-order valence-corrected chi connectivity index (χ2v) is 5.73. The van der Waals surface area contributed by atoms with E-state index >= 15 is 0 Å². The second kappa shape index (κ2) is 4.39. The van der Waals surface area contributed by atoms with E-state index in [2.05, 4.69) is 48.3 Å². The van der Waals surface area contributed by atoms with Gasteiger partial charge in [-0.05, 0) is 31.2 Å². The van der Waals surface area contributed by atoms with Gasteiger partial charge in [0.1, 0.15) is 6.17 Å². The largest absolute Gasteiger partial charge is 0.319 e. The van der Waals surface area contributed by atoms with Crippen molar-refractivity contribution in [3.63, 3.8) is 0 Å². The Morgan fingerprint density at radius 3 is 2.78 bits per heavy atom. The molecule has 1 saturated carbocycles. The molecule has 0 bridgehead atoms. The van der Waals surface area contributed by atoms with Gasteiger partial charge in [-0.25, -0.2) is 0 Å². The summed E-state index contributed by atoms with van der Waals surface area (Å²) in [6.45, 7) is 4.83. The van der Waals surface area contributed by atoms with Gasteiger partial charge in [0.25, 0.3) is 0 Å². The molecular formula is C15H20N2O. The molecule has 1 N–H and O–H groups in total. The van der Waals surface area contributed by atoms with Crippen LogP contribution in [0.5, 0.6) is 0 Å². The van der Waals surface area contributed by atoms with Crippen LogP contribution in [0, 0.1) is 12.8 Å². The van der Waals surface area contributed by atoms with E-state index in [-0.39, 0.29) is 12.1 Å². The van der Waals surface area contributed by atoms with Gasteiger partial charge in [0.2, 0.25) is 5.91 Å². The van der Waals surface area contributed by atoms with E-state index in [9.17, 15) is 4.79 Å². The number of carbonyl (C=O) groups excluding carboxylic acids is 1. The van der Waals surface area contributed by atoms with E-state index in [4.69, 9.17) is 0 Å². The molecule has 1 aliphatic carbocycles. The summed E-state index contributed by atoms with van der Waals surface area (Å²) in [5, 5.41) is 3.34. The molecule has 3 heteroatoms. The zero-order valence-electron chi connectivity index (χ0n) is 11.0. The highest BCUT2D eigenvalue weighted by Crippen LogP contribution is 2.37. The van der Waals surface area contributed by atoms with E-state index in [0.717, 1.165) is 18.8 Å². The monoisotopic (exact) mass is 244 g/mol. The Labute approximate surface area is 108 Å². The third-order valence-electron chi connectivity index (χ3n) is 4.11. The summed E-state index contributed by atoms with van der Waals surface area (Å²) in [5.74, 6) is 1.01. The molecule has 1 aliphatic heterocycles. The van der Waals surface area contributed by atoms with Gasteiger partial charge >= 0.3 is 0 Å². The zero-order valence-corrected chi connectivity index (χ0v) is 11.0. The second-order valence-electron chi connectivity index (χ2n) is 5.73. The zero-order chi connectivity index (χ0) is 12.7. The normalized spacial score (nSPS) is 31.6. The minimum absolute atomic E-state index is 0.0786. The maximum atomic E-state index is 12.0. The summed E-state index contributed by atoms with van der Waals surface area (Å²) in [6, 6.07) is 8.88. The van der Waals surface area contributed by atoms with Crippen LogP contribution >= 0.6 is 0 Å². The number of nitrogens with zero attached hydrogens (tertiary/aromatic N) is 1. The van der Waals surface area contributed by atoms with Gasteiger partial charge in [-0.2, -0.15) is 0 Å². The third-order valence-corrected chi connectivity index (χ3v) is 4.11. The fourth-order valence-electron chi connectivity index (χ4n) is 3.14. The van der Waals surface area contributed by atoms with Crippen molar-refractivity contribution in [3.8, 4) is 0 Å². The minimum atomic E-state index is 0.0786. The lowest BCUT2D eigenvalue weighted by Gasteiger charge is -2.42. The lowest BCUT2D eigenvalue weighted by atomic mass is 9.80. The first-order chi connectivity index (χ1) is 8.65. The van der Waals surface area contributed by atoms with Gasteiger partial charge in [0, 0.05) is 6.04 Å². The first-order valence-corrected chi connectivity index (χ1v) is 6.76. The van der Waals surface area contributed by atoms with Crippen LogP contribution < -0.4 is 5.32 Å². The molecule has 1 saturated heterocycles. The standard InChI is InChI=1S/C15H20N2O/c1-10-4-3-5-12(6-10)15-16-9-14(18)17(15)13-7-11(2)8-13/h3-6,11,13,15-16H,7-9H2,1-2H3. The van der Waals surface area contributed by atoms with Crippen molar-refractivity contribution >= 4 is 5.91 Å². The van der Waals surface area contributed by atoms with Crippen LogP contribution in [0.15, 0.2) is 24.3 Å². The maximum absolute atomic E-state index is 12.0. The Kier molecular flexibility index (Phi) is 2.86. The number of carbonyl (C=O) groups is 1. The molecule has 1 aromatic carbocycles. The number of rotatable bonds is 2. The SMILES string of the molecule is Cc1cccc(C2NCC(=O)N2C2CC(C)C2)c1. The molecule has 2 fully saturated rings. The highest BCUT2D eigenvalue weighted by Gasteiger charge is 2.41. The number of aryl methyl sites for hydroxylation is 1. The lowest BCUT2D eigenvalue weighted by molar-refractivity contribution is -0.133. The highest BCUT2D eigenvalue weighted by molar-refractivity contribution is 5.81. The first-order valence-electron chi connectivity index (χ1n) is 6.76. The van der Waals surface area contributed by atoms with E-state index < -0.39 is 0 Å². The van der Waals surface area contributed by atoms with Crippen molar-refractivity contribution < 1.29 is 4.79 Å². The predicted octanol–water partition coefficient (Wildman–Crippen LogP) is 2.22. The Morgan fingerprint density at radius 2 is 2.11 bits per heavy atom. The summed E-state index contributed by atoms with van der Waals surface area (Å²) < 4.78 is 0. The van der Waals surface area contributed by atoms with E-state index in [1.165, 1.54) is 11.1 Å². The molecule has 1 unspecified atom stereocenters. The topological polar surface area (TPSA) is 32.3 Å². The van der Waals surface area contributed by atoms with Crippen LogP contribution in [-0.4, -0.2) is 23.4 Å². The number of nitrogens with one attached hydrogen (secondary N) is 1. The summed E-state index contributed by atoms with van der Waals surface area (Å²) in [6.07, 6.45) is 2.38. The van der Waals surface area contributed by atoms with Gasteiger partial charge in [0.05, 0.1) is 6.54 Å². The first kappa shape index (κ1) is 11.7. The van der Waals surface area contributed by atoms with Crippen molar-refractivity contribution in [2.24, 2.45) is 5.92 Å². The number of hydrogen-bond acceptors (Lipinski definition) is 2. The fourth-order valence-corrected chi connectivity index (χ4v) is 3.14. The Morgan fingerprint density at radius 1 is 1.33 bits per heavy atom. The van der Waals surface area contributed by atoms with Crippen molar-refractivity contribution in [3.05, 3.63) is 35.4 Å². The molecule has 3 rings (SSSR count). The quantitative estimate of drug-likeness (QED) is 0.865. The van der Waals surface area contributed by atoms with Gasteiger partial charge in [-0.3, -0.25) is 10.1 Å². The summed E-state index contributed by atoms with van der Waals surface area (Å²) in [5.41, 5.74) is 2.45. The Hall–Kier alpha value is -1.35.